The number of nitrogens with one attached hydrogen (secondary N) is 1. The Labute approximate surface area is 116 Å². The Morgan fingerprint density at radius 3 is 2.47 bits per heavy atom. The van der Waals surface area contributed by atoms with Crippen LogP contribution in [0.5, 0.6) is 0 Å². The summed E-state index contributed by atoms with van der Waals surface area (Å²) in [6.45, 7) is 6.04. The summed E-state index contributed by atoms with van der Waals surface area (Å²) in [5.41, 5.74) is -0.498. The van der Waals surface area contributed by atoms with Crippen LogP contribution in [0.3, 0.4) is 0 Å². The Kier molecular flexibility index (Phi) is 4.99. The third-order valence-electron chi connectivity index (χ3n) is 4.55. The first-order valence-electron chi connectivity index (χ1n) is 6.60. The average Bonchev–Trinajstić information content (AvgIpc) is 2.33. The van der Waals surface area contributed by atoms with Crippen LogP contribution in [0, 0.1) is 16.7 Å². The van der Waals surface area contributed by atoms with E-state index in [9.17, 15) is 8.42 Å². The van der Waals surface area contributed by atoms with Crippen molar-refractivity contribution in [3.05, 3.63) is 0 Å². The molecule has 110 valence electrons. The molecule has 0 aromatic carbocycles. The molecule has 1 aliphatic rings. The van der Waals surface area contributed by atoms with Gasteiger partial charge in [-0.15, -0.1) is 0 Å². The number of rotatable bonds is 7. The van der Waals surface area contributed by atoms with Crippen LogP contribution in [0.4, 0.5) is 0 Å². The van der Waals surface area contributed by atoms with Crippen LogP contribution in [-0.2, 0) is 14.8 Å². The fraction of sp³-hybridized carbons (Fsp3) is 0.923. The van der Waals surface area contributed by atoms with Crippen molar-refractivity contribution in [2.45, 2.75) is 58.1 Å². The molecule has 0 saturated heterocycles. The minimum atomic E-state index is -3.27. The van der Waals surface area contributed by atoms with Gasteiger partial charge in [-0.25, -0.2) is 13.1 Å². The molecule has 0 spiro atoms. The molecule has 0 bridgehead atoms. The van der Waals surface area contributed by atoms with Gasteiger partial charge >= 0.3 is 0 Å². The summed E-state index contributed by atoms with van der Waals surface area (Å²) in [7, 11) is -1.61. The van der Waals surface area contributed by atoms with Gasteiger partial charge < -0.3 is 4.74 Å². The van der Waals surface area contributed by atoms with Crippen LogP contribution in [0.1, 0.15) is 46.5 Å². The van der Waals surface area contributed by atoms with E-state index in [0.717, 1.165) is 0 Å². The number of ether oxygens (including phenoxy) is 1. The molecule has 6 heteroatoms. The van der Waals surface area contributed by atoms with E-state index in [4.69, 9.17) is 10.00 Å². The quantitative estimate of drug-likeness (QED) is 0.724. The van der Waals surface area contributed by atoms with Crippen LogP contribution in [-0.4, -0.2) is 32.9 Å². The van der Waals surface area contributed by atoms with Gasteiger partial charge in [-0.1, -0.05) is 13.8 Å². The molecule has 2 atom stereocenters. The third kappa shape index (κ3) is 3.47. The van der Waals surface area contributed by atoms with Crippen molar-refractivity contribution in [2.75, 3.05) is 12.9 Å². The maximum atomic E-state index is 11.9. The van der Waals surface area contributed by atoms with Crippen molar-refractivity contribution in [1.82, 2.24) is 4.72 Å². The van der Waals surface area contributed by atoms with E-state index in [1.165, 1.54) is 0 Å². The summed E-state index contributed by atoms with van der Waals surface area (Å²) >= 11 is 0. The summed E-state index contributed by atoms with van der Waals surface area (Å²) in [4.78, 5) is 0. The fourth-order valence-corrected chi connectivity index (χ4v) is 3.97. The summed E-state index contributed by atoms with van der Waals surface area (Å²) in [6, 6.07) is 1.93. The van der Waals surface area contributed by atoms with Crippen LogP contribution in [0.25, 0.3) is 0 Å². The predicted octanol–water partition coefficient (Wildman–Crippen LogP) is 1.80. The maximum Gasteiger partial charge on any atom is 0.211 e. The first kappa shape index (κ1) is 16.4. The minimum absolute atomic E-state index is 0.0848. The maximum absolute atomic E-state index is 11.9. The average molecular weight is 288 g/mol. The van der Waals surface area contributed by atoms with Crippen molar-refractivity contribution in [3.63, 3.8) is 0 Å². The highest BCUT2D eigenvalue weighted by molar-refractivity contribution is 7.89. The fourth-order valence-electron chi connectivity index (χ4n) is 2.45. The highest BCUT2D eigenvalue weighted by Gasteiger charge is 2.58. The van der Waals surface area contributed by atoms with Gasteiger partial charge in [0.25, 0.3) is 0 Å². The van der Waals surface area contributed by atoms with Crippen LogP contribution in [0.15, 0.2) is 0 Å². The highest BCUT2D eigenvalue weighted by Crippen LogP contribution is 2.51. The molecule has 1 N–H and O–H groups in total. The number of nitriles is 1. The second kappa shape index (κ2) is 5.78. The van der Waals surface area contributed by atoms with E-state index in [1.807, 2.05) is 26.8 Å². The Morgan fingerprint density at radius 1 is 1.37 bits per heavy atom. The van der Waals surface area contributed by atoms with Gasteiger partial charge in [0.05, 0.1) is 17.4 Å². The zero-order valence-corrected chi connectivity index (χ0v) is 13.0. The summed E-state index contributed by atoms with van der Waals surface area (Å²) in [5.74, 6) is 0.0883. The second-order valence-corrected chi connectivity index (χ2v) is 7.84. The first-order chi connectivity index (χ1) is 8.68. The van der Waals surface area contributed by atoms with Crippen molar-refractivity contribution < 1.29 is 13.2 Å². The molecule has 0 heterocycles. The normalized spacial score (nSPS) is 29.5. The molecule has 1 rings (SSSR count). The molecule has 0 unspecified atom stereocenters. The molecule has 0 radical (unpaired) electrons. The molecule has 1 fully saturated rings. The van der Waals surface area contributed by atoms with E-state index >= 15 is 0 Å². The monoisotopic (exact) mass is 288 g/mol. The van der Waals surface area contributed by atoms with Crippen LogP contribution >= 0.6 is 0 Å². The summed E-state index contributed by atoms with van der Waals surface area (Å²) in [5, 5.41) is 8.41. The number of sulfonamides is 1. The van der Waals surface area contributed by atoms with Crippen LogP contribution < -0.4 is 4.72 Å². The van der Waals surface area contributed by atoms with Gasteiger partial charge in [-0.05, 0) is 26.2 Å². The number of methoxy groups -OCH3 is 1. The zero-order chi connectivity index (χ0) is 14.7. The molecule has 1 aliphatic carbocycles. The lowest BCUT2D eigenvalue weighted by Gasteiger charge is -2.58. The van der Waals surface area contributed by atoms with E-state index in [0.29, 0.717) is 25.7 Å². The van der Waals surface area contributed by atoms with Crippen LogP contribution in [0.2, 0.25) is 0 Å². The highest BCUT2D eigenvalue weighted by atomic mass is 32.2. The molecule has 5 nitrogen and oxygen atoms in total. The number of hydrogen-bond acceptors (Lipinski definition) is 4. The van der Waals surface area contributed by atoms with Gasteiger partial charge in [0.2, 0.25) is 10.0 Å². The van der Waals surface area contributed by atoms with E-state index in [2.05, 4.69) is 4.72 Å². The summed E-state index contributed by atoms with van der Waals surface area (Å²) < 4.78 is 32.1. The Balaban J connectivity index is 2.51. The number of unbranched alkanes of at least 4 members (excludes halogenated alkanes) is 2. The van der Waals surface area contributed by atoms with Gasteiger partial charge in [-0.3, -0.25) is 0 Å². The molecule has 0 aliphatic heterocycles. The lowest BCUT2D eigenvalue weighted by molar-refractivity contribution is -0.175. The van der Waals surface area contributed by atoms with E-state index in [1.54, 1.807) is 7.11 Å². The SMILES string of the molecule is CO[C@]1(C)C[C@@H](NS(=O)(=O)CCCCC#N)C1(C)C. The molecule has 19 heavy (non-hydrogen) atoms. The Morgan fingerprint density at radius 2 is 2.00 bits per heavy atom. The zero-order valence-electron chi connectivity index (χ0n) is 12.2. The molecule has 0 amide bonds. The number of hydrogen-bond donors (Lipinski definition) is 1. The van der Waals surface area contributed by atoms with Crippen molar-refractivity contribution in [1.29, 1.82) is 5.26 Å². The minimum Gasteiger partial charge on any atom is -0.378 e. The van der Waals surface area contributed by atoms with Gasteiger partial charge in [-0.2, -0.15) is 5.26 Å². The lowest BCUT2D eigenvalue weighted by atomic mass is 9.56. The summed E-state index contributed by atoms with van der Waals surface area (Å²) in [6.07, 6.45) is 2.25. The molecular weight excluding hydrogens is 264 g/mol. The topological polar surface area (TPSA) is 79.2 Å². The van der Waals surface area contributed by atoms with Gasteiger partial charge in [0.1, 0.15) is 0 Å². The predicted molar refractivity (Wildman–Crippen MR) is 74.0 cm³/mol. The Hall–Kier alpha value is -0.640. The van der Waals surface area contributed by atoms with E-state index < -0.39 is 10.0 Å². The smallest absolute Gasteiger partial charge is 0.211 e. The van der Waals surface area contributed by atoms with Crippen molar-refractivity contribution in [3.8, 4) is 6.07 Å². The second-order valence-electron chi connectivity index (χ2n) is 5.97. The lowest BCUT2D eigenvalue weighted by Crippen LogP contribution is -2.68. The van der Waals surface area contributed by atoms with Crippen molar-refractivity contribution in [2.24, 2.45) is 5.41 Å². The van der Waals surface area contributed by atoms with Crippen molar-refractivity contribution >= 4 is 10.0 Å². The molecule has 0 aromatic heterocycles. The molecule has 1 saturated carbocycles. The van der Waals surface area contributed by atoms with Gasteiger partial charge in [0, 0.05) is 25.0 Å². The standard InChI is InChI=1S/C13H24N2O3S/c1-12(2)11(10-13(12,3)18-4)15-19(16,17)9-7-5-6-8-14/h11,15H,5-7,9-10H2,1-4H3/t11-,13-/m1/s1. The molecule has 0 aromatic rings. The first-order valence-corrected chi connectivity index (χ1v) is 8.26. The van der Waals surface area contributed by atoms with E-state index in [-0.39, 0.29) is 22.8 Å². The largest absolute Gasteiger partial charge is 0.378 e. The molecular formula is C13H24N2O3S. The number of nitrogens with zero attached hydrogens (tertiary/aromatic N) is 1. The Bertz CT molecular complexity index is 453. The van der Waals surface area contributed by atoms with Gasteiger partial charge in [0.15, 0.2) is 0 Å². The third-order valence-corrected chi connectivity index (χ3v) is 6.02.